The van der Waals surface area contributed by atoms with Gasteiger partial charge in [-0.05, 0) is 42.5 Å². The van der Waals surface area contributed by atoms with E-state index in [0.29, 0.717) is 10.7 Å². The van der Waals surface area contributed by atoms with Gasteiger partial charge in [-0.15, -0.1) is 11.3 Å². The van der Waals surface area contributed by atoms with Gasteiger partial charge in [-0.25, -0.2) is 8.78 Å². The van der Waals surface area contributed by atoms with Crippen molar-refractivity contribution in [3.8, 4) is 6.07 Å². The fourth-order valence-corrected chi connectivity index (χ4v) is 3.29. The van der Waals surface area contributed by atoms with Crippen LogP contribution in [0.2, 0.25) is 0 Å². The van der Waals surface area contributed by atoms with Crippen LogP contribution in [-0.2, 0) is 0 Å². The molecule has 3 rings (SSSR count). The molecule has 2 aromatic carbocycles. The van der Waals surface area contributed by atoms with E-state index in [-0.39, 0.29) is 21.7 Å². The quantitative estimate of drug-likeness (QED) is 0.678. The average molecular weight is 355 g/mol. The molecule has 0 saturated heterocycles. The van der Waals surface area contributed by atoms with E-state index in [1.165, 1.54) is 42.5 Å². The Kier molecular flexibility index (Phi) is 4.46. The molecule has 0 atom stereocenters. The minimum atomic E-state index is -0.457. The first kappa shape index (κ1) is 16.6. The molecule has 0 amide bonds. The van der Waals surface area contributed by atoms with Crippen LogP contribution in [0.5, 0.6) is 0 Å². The van der Waals surface area contributed by atoms with Crippen molar-refractivity contribution in [1.29, 1.82) is 5.26 Å². The van der Waals surface area contributed by atoms with E-state index in [2.05, 4.69) is 5.32 Å². The highest BCUT2D eigenvalue weighted by Crippen LogP contribution is 2.38. The van der Waals surface area contributed by atoms with E-state index >= 15 is 0 Å². The van der Waals surface area contributed by atoms with E-state index in [1.54, 1.807) is 6.07 Å². The number of carbonyl (C=O) groups is 1. The first-order valence-electron chi connectivity index (χ1n) is 7.15. The second kappa shape index (κ2) is 6.71. The molecule has 1 heterocycles. The van der Waals surface area contributed by atoms with Crippen LogP contribution >= 0.6 is 11.3 Å². The van der Waals surface area contributed by atoms with Crippen LogP contribution < -0.4 is 11.1 Å². The van der Waals surface area contributed by atoms with Gasteiger partial charge in [-0.3, -0.25) is 4.79 Å². The summed E-state index contributed by atoms with van der Waals surface area (Å²) in [7, 11) is 0. The predicted molar refractivity (Wildman–Crippen MR) is 93.0 cm³/mol. The van der Waals surface area contributed by atoms with Crippen molar-refractivity contribution in [2.24, 2.45) is 0 Å². The average Bonchev–Trinajstić information content (AvgIpc) is 2.90. The maximum Gasteiger partial charge on any atom is 0.205 e. The fourth-order valence-electron chi connectivity index (χ4n) is 2.24. The predicted octanol–water partition coefficient (Wildman–Crippen LogP) is 4.45. The monoisotopic (exact) mass is 355 g/mol. The first-order chi connectivity index (χ1) is 12.0. The summed E-state index contributed by atoms with van der Waals surface area (Å²) in [4.78, 5) is 12.7. The number of nitrogens with zero attached hydrogens (tertiary/aromatic N) is 1. The Bertz CT molecular complexity index is 991. The van der Waals surface area contributed by atoms with Crippen molar-refractivity contribution in [2.75, 3.05) is 11.1 Å². The second-order valence-corrected chi connectivity index (χ2v) is 6.15. The van der Waals surface area contributed by atoms with Crippen LogP contribution in [0.1, 0.15) is 20.8 Å². The van der Waals surface area contributed by atoms with Crippen LogP contribution in [0, 0.1) is 23.0 Å². The maximum absolute atomic E-state index is 13.3. The van der Waals surface area contributed by atoms with Crippen LogP contribution in [0.15, 0.2) is 48.5 Å². The molecule has 124 valence electrons. The molecule has 0 spiro atoms. The molecule has 0 aliphatic carbocycles. The molecule has 0 aliphatic rings. The summed E-state index contributed by atoms with van der Waals surface area (Å²) in [6.07, 6.45) is 0. The molecule has 7 heteroatoms. The number of halogens is 2. The highest BCUT2D eigenvalue weighted by molar-refractivity contribution is 7.19. The molecule has 0 radical (unpaired) electrons. The Balaban J connectivity index is 1.99. The van der Waals surface area contributed by atoms with Crippen molar-refractivity contribution in [3.05, 3.63) is 76.2 Å². The van der Waals surface area contributed by atoms with Crippen molar-refractivity contribution < 1.29 is 13.6 Å². The highest BCUT2D eigenvalue weighted by Gasteiger charge is 2.22. The first-order valence-corrected chi connectivity index (χ1v) is 7.96. The molecule has 3 aromatic rings. The molecule has 3 N–H and O–H groups in total. The van der Waals surface area contributed by atoms with Gasteiger partial charge in [0.15, 0.2) is 0 Å². The minimum Gasteiger partial charge on any atom is -0.396 e. The SMILES string of the molecule is N#Cc1c(Nc2cccc(F)c2)sc(C(=O)c2ccc(F)cc2)c1N. The summed E-state index contributed by atoms with van der Waals surface area (Å²) < 4.78 is 26.3. The molecule has 25 heavy (non-hydrogen) atoms. The Labute approximate surface area is 146 Å². The number of nitrogen functional groups attached to an aromatic ring is 1. The van der Waals surface area contributed by atoms with Gasteiger partial charge >= 0.3 is 0 Å². The largest absolute Gasteiger partial charge is 0.396 e. The standard InChI is InChI=1S/C18H11F2N3OS/c19-11-6-4-10(5-7-11)16(24)17-15(22)14(9-21)18(25-17)23-13-3-1-2-12(20)8-13/h1-8,23H,22H2. The van der Waals surface area contributed by atoms with Gasteiger partial charge in [0.2, 0.25) is 5.78 Å². The van der Waals surface area contributed by atoms with Gasteiger partial charge in [0.25, 0.3) is 0 Å². The molecule has 0 bridgehead atoms. The number of hydrogen-bond acceptors (Lipinski definition) is 5. The third kappa shape index (κ3) is 3.34. The number of rotatable bonds is 4. The number of ketones is 1. The molecule has 0 unspecified atom stereocenters. The molecular weight excluding hydrogens is 344 g/mol. The van der Waals surface area contributed by atoms with Gasteiger partial charge < -0.3 is 11.1 Å². The Hall–Kier alpha value is -3.24. The van der Waals surface area contributed by atoms with Crippen molar-refractivity contribution >= 4 is 33.5 Å². The fraction of sp³-hybridized carbons (Fsp3) is 0. The number of thiophene rings is 1. The lowest BCUT2D eigenvalue weighted by Crippen LogP contribution is -2.02. The highest BCUT2D eigenvalue weighted by atomic mass is 32.1. The number of carbonyl (C=O) groups excluding carboxylic acids is 1. The number of nitrogens with one attached hydrogen (secondary N) is 1. The number of anilines is 3. The van der Waals surface area contributed by atoms with Crippen LogP contribution in [0.3, 0.4) is 0 Å². The number of nitriles is 1. The van der Waals surface area contributed by atoms with Crippen LogP contribution in [-0.4, -0.2) is 5.78 Å². The number of hydrogen-bond donors (Lipinski definition) is 2. The maximum atomic E-state index is 13.3. The Morgan fingerprint density at radius 3 is 2.48 bits per heavy atom. The normalized spacial score (nSPS) is 10.3. The van der Waals surface area contributed by atoms with E-state index in [4.69, 9.17) is 5.73 Å². The molecule has 0 fully saturated rings. The number of benzene rings is 2. The zero-order valence-corrected chi connectivity index (χ0v) is 13.5. The third-order valence-corrected chi connectivity index (χ3v) is 4.57. The molecular formula is C18H11F2N3OS. The van der Waals surface area contributed by atoms with E-state index in [0.717, 1.165) is 11.3 Å². The smallest absolute Gasteiger partial charge is 0.205 e. The van der Waals surface area contributed by atoms with E-state index < -0.39 is 17.4 Å². The summed E-state index contributed by atoms with van der Waals surface area (Å²) in [5.74, 6) is -1.30. The van der Waals surface area contributed by atoms with Gasteiger partial charge in [-0.1, -0.05) is 6.07 Å². The Morgan fingerprint density at radius 1 is 1.12 bits per heavy atom. The molecule has 0 aliphatic heterocycles. The van der Waals surface area contributed by atoms with Crippen LogP contribution in [0.4, 0.5) is 25.2 Å². The zero-order valence-electron chi connectivity index (χ0n) is 12.7. The summed E-state index contributed by atoms with van der Waals surface area (Å²) in [6, 6.07) is 12.7. The lowest BCUT2D eigenvalue weighted by molar-refractivity contribution is 0.104. The van der Waals surface area contributed by atoms with Crippen LogP contribution in [0.25, 0.3) is 0 Å². The van der Waals surface area contributed by atoms with Gasteiger partial charge in [0.05, 0.1) is 5.69 Å². The lowest BCUT2D eigenvalue weighted by atomic mass is 10.1. The molecule has 4 nitrogen and oxygen atoms in total. The summed E-state index contributed by atoms with van der Waals surface area (Å²) in [5, 5.41) is 12.6. The van der Waals surface area contributed by atoms with E-state index in [9.17, 15) is 18.8 Å². The minimum absolute atomic E-state index is 0.0423. The van der Waals surface area contributed by atoms with Gasteiger partial charge in [0, 0.05) is 11.3 Å². The lowest BCUT2D eigenvalue weighted by Gasteiger charge is -2.03. The summed E-state index contributed by atoms with van der Waals surface area (Å²) in [6.45, 7) is 0. The Morgan fingerprint density at radius 2 is 1.84 bits per heavy atom. The summed E-state index contributed by atoms with van der Waals surface area (Å²) >= 11 is 0.994. The zero-order chi connectivity index (χ0) is 18.0. The topological polar surface area (TPSA) is 78.9 Å². The van der Waals surface area contributed by atoms with Gasteiger partial charge in [0.1, 0.15) is 33.1 Å². The van der Waals surface area contributed by atoms with Crippen molar-refractivity contribution in [1.82, 2.24) is 0 Å². The molecule has 0 saturated carbocycles. The molecule has 1 aromatic heterocycles. The van der Waals surface area contributed by atoms with Crippen molar-refractivity contribution in [2.45, 2.75) is 0 Å². The van der Waals surface area contributed by atoms with Gasteiger partial charge in [-0.2, -0.15) is 5.26 Å². The third-order valence-electron chi connectivity index (χ3n) is 3.45. The van der Waals surface area contributed by atoms with E-state index in [1.807, 2.05) is 6.07 Å². The number of nitrogens with two attached hydrogens (primary N) is 1. The second-order valence-electron chi connectivity index (χ2n) is 5.13. The summed E-state index contributed by atoms with van der Waals surface area (Å²) in [5.41, 5.74) is 6.79. The van der Waals surface area contributed by atoms with Crippen molar-refractivity contribution in [3.63, 3.8) is 0 Å².